The maximum Gasteiger partial charge on any atom is 0.341 e. The van der Waals surface area contributed by atoms with Crippen molar-refractivity contribution in [1.29, 1.82) is 0 Å². The molecule has 0 spiro atoms. The first-order valence-corrected chi connectivity index (χ1v) is 14.9. The molecule has 1 N–H and O–H groups in total. The summed E-state index contributed by atoms with van der Waals surface area (Å²) in [6.07, 6.45) is 2.53. The number of rotatable bonds is 10. The van der Waals surface area contributed by atoms with E-state index in [0.717, 1.165) is 29.8 Å². The van der Waals surface area contributed by atoms with Gasteiger partial charge < -0.3 is 4.74 Å². The number of aromatic nitrogens is 2. The summed E-state index contributed by atoms with van der Waals surface area (Å²) in [6.45, 7) is 4.72. The van der Waals surface area contributed by atoms with Gasteiger partial charge >= 0.3 is 5.97 Å². The Hall–Kier alpha value is -4.24. The van der Waals surface area contributed by atoms with E-state index in [1.165, 1.54) is 6.07 Å². The van der Waals surface area contributed by atoms with Crippen LogP contribution in [-0.4, -0.2) is 36.7 Å². The van der Waals surface area contributed by atoms with E-state index in [-0.39, 0.29) is 16.4 Å². The number of carbonyl (C=O) groups excluding carboxylic acids is 2. The quantitative estimate of drug-likeness (QED) is 0.264. The van der Waals surface area contributed by atoms with Crippen molar-refractivity contribution in [1.82, 2.24) is 14.5 Å². The third-order valence-electron chi connectivity index (χ3n) is 6.90. The maximum absolute atomic E-state index is 13.2. The van der Waals surface area contributed by atoms with Gasteiger partial charge in [-0.25, -0.2) is 17.9 Å². The maximum atomic E-state index is 13.2. The van der Waals surface area contributed by atoms with Crippen LogP contribution in [0.25, 0.3) is 11.1 Å². The Bertz CT molecular complexity index is 1640. The van der Waals surface area contributed by atoms with Crippen LogP contribution in [0.1, 0.15) is 70.3 Å². The van der Waals surface area contributed by atoms with E-state index < -0.39 is 15.9 Å². The number of hydrogen-bond acceptors (Lipinski definition) is 6. The summed E-state index contributed by atoms with van der Waals surface area (Å²) in [7, 11) is -4.14. The summed E-state index contributed by atoms with van der Waals surface area (Å²) in [5, 5.41) is 4.75. The van der Waals surface area contributed by atoms with Crippen LogP contribution in [0.15, 0.2) is 83.8 Å². The predicted octanol–water partition coefficient (Wildman–Crippen LogP) is 5.33. The highest BCUT2D eigenvalue weighted by molar-refractivity contribution is 7.90. The number of hydrogen-bond donors (Lipinski definition) is 1. The zero-order chi connectivity index (χ0) is 28.3. The van der Waals surface area contributed by atoms with Gasteiger partial charge in [0.25, 0.3) is 15.9 Å². The summed E-state index contributed by atoms with van der Waals surface area (Å²) >= 11 is 0. The van der Waals surface area contributed by atoms with Crippen molar-refractivity contribution in [2.45, 2.75) is 50.5 Å². The molecule has 1 saturated carbocycles. The molecule has 0 bridgehead atoms. The van der Waals surface area contributed by atoms with Crippen LogP contribution in [0.4, 0.5) is 0 Å². The summed E-state index contributed by atoms with van der Waals surface area (Å²) < 4.78 is 35.9. The molecular weight excluding hydrogens is 526 g/mol. The molecule has 0 saturated heterocycles. The number of sulfonamides is 1. The third kappa shape index (κ3) is 5.70. The molecule has 1 aromatic heterocycles. The lowest BCUT2D eigenvalue weighted by molar-refractivity contribution is 0.0523. The molecule has 1 amide bonds. The number of esters is 1. The number of ether oxygens (including phenoxy) is 1. The SMILES string of the molecule is CCOC(=O)c1c(C2CC2)nn(CC)c1Cc1ccc(-c2ccccc2S(=O)(=O)NC(=O)c2ccccc2)cc1. The highest BCUT2D eigenvalue weighted by atomic mass is 32.2. The normalized spacial score (nSPS) is 13.2. The van der Waals surface area contributed by atoms with Crippen LogP contribution in [0.5, 0.6) is 0 Å². The fourth-order valence-electron chi connectivity index (χ4n) is 4.79. The molecule has 1 aliphatic carbocycles. The van der Waals surface area contributed by atoms with Crippen molar-refractivity contribution in [2.75, 3.05) is 6.61 Å². The first kappa shape index (κ1) is 27.3. The van der Waals surface area contributed by atoms with Crippen molar-refractivity contribution < 1.29 is 22.7 Å². The number of nitrogens with zero attached hydrogens (tertiary/aromatic N) is 2. The molecule has 40 heavy (non-hydrogen) atoms. The zero-order valence-electron chi connectivity index (χ0n) is 22.5. The first-order valence-electron chi connectivity index (χ1n) is 13.4. The first-order chi connectivity index (χ1) is 19.3. The lowest BCUT2D eigenvalue weighted by Gasteiger charge is -2.13. The minimum atomic E-state index is -4.14. The van der Waals surface area contributed by atoms with Gasteiger partial charge in [0.1, 0.15) is 5.56 Å². The molecule has 9 heteroatoms. The van der Waals surface area contributed by atoms with E-state index in [2.05, 4.69) is 4.72 Å². The molecule has 206 valence electrons. The minimum absolute atomic E-state index is 0.00904. The van der Waals surface area contributed by atoms with Gasteiger partial charge in [-0.3, -0.25) is 9.48 Å². The number of carbonyl (C=O) groups is 2. The molecule has 0 atom stereocenters. The monoisotopic (exact) mass is 557 g/mol. The van der Waals surface area contributed by atoms with Crippen molar-refractivity contribution in [3.8, 4) is 11.1 Å². The number of benzene rings is 3. The predicted molar refractivity (Wildman–Crippen MR) is 152 cm³/mol. The Morgan fingerprint density at radius 2 is 1.62 bits per heavy atom. The molecule has 1 aliphatic rings. The Morgan fingerprint density at radius 1 is 0.950 bits per heavy atom. The van der Waals surface area contributed by atoms with E-state index in [1.54, 1.807) is 55.5 Å². The lowest BCUT2D eigenvalue weighted by Crippen LogP contribution is -2.30. The fraction of sp³-hybridized carbons (Fsp3) is 0.258. The molecule has 0 radical (unpaired) electrons. The standard InChI is InChI=1S/C31H31N3O5S/c1-3-34-26(28(31(36)39-4-2)29(32-34)23-18-19-23)20-21-14-16-22(17-15-21)25-12-8-9-13-27(25)40(37,38)33-30(35)24-10-6-5-7-11-24/h5-17,23H,3-4,18-20H2,1-2H3,(H,33,35). The van der Waals surface area contributed by atoms with Crippen molar-refractivity contribution >= 4 is 21.9 Å². The van der Waals surface area contributed by atoms with Crippen molar-refractivity contribution in [3.63, 3.8) is 0 Å². The fourth-order valence-corrected chi connectivity index (χ4v) is 5.99. The van der Waals surface area contributed by atoms with Gasteiger partial charge in [-0.1, -0.05) is 60.7 Å². The number of nitrogens with one attached hydrogen (secondary N) is 1. The lowest BCUT2D eigenvalue weighted by atomic mass is 10.00. The molecule has 5 rings (SSSR count). The van der Waals surface area contributed by atoms with Gasteiger partial charge in [0.05, 0.1) is 22.9 Å². The summed E-state index contributed by atoms with van der Waals surface area (Å²) in [6, 6.07) is 22.3. The molecule has 0 unspecified atom stereocenters. The largest absolute Gasteiger partial charge is 0.462 e. The Morgan fingerprint density at radius 3 is 2.27 bits per heavy atom. The molecule has 3 aromatic carbocycles. The average Bonchev–Trinajstić information content (AvgIpc) is 3.75. The molecule has 1 fully saturated rings. The average molecular weight is 558 g/mol. The van der Waals surface area contributed by atoms with E-state index in [4.69, 9.17) is 9.84 Å². The Labute approximate surface area is 234 Å². The van der Waals surface area contributed by atoms with E-state index in [9.17, 15) is 18.0 Å². The third-order valence-corrected chi connectivity index (χ3v) is 8.29. The second-order valence-corrected chi connectivity index (χ2v) is 11.3. The highest BCUT2D eigenvalue weighted by Crippen LogP contribution is 2.42. The van der Waals surface area contributed by atoms with Crippen molar-refractivity contribution in [3.05, 3.63) is 107 Å². The molecule has 4 aromatic rings. The Kier molecular flexibility index (Phi) is 7.84. The summed E-state index contributed by atoms with van der Waals surface area (Å²) in [5.41, 5.74) is 4.58. The van der Waals surface area contributed by atoms with Gasteiger partial charge in [-0.05, 0) is 56.0 Å². The van der Waals surface area contributed by atoms with Crippen LogP contribution in [0.3, 0.4) is 0 Å². The van der Waals surface area contributed by atoms with Gasteiger partial charge in [0.15, 0.2) is 0 Å². The second-order valence-electron chi connectivity index (χ2n) is 9.69. The van der Waals surface area contributed by atoms with Gasteiger partial charge in [0, 0.05) is 30.0 Å². The van der Waals surface area contributed by atoms with Gasteiger partial charge in [0.2, 0.25) is 0 Å². The number of amides is 1. The van der Waals surface area contributed by atoms with Crippen LogP contribution < -0.4 is 4.72 Å². The van der Waals surface area contributed by atoms with Crippen LogP contribution in [-0.2, 0) is 27.7 Å². The molecule has 0 aliphatic heterocycles. The molecular formula is C31H31N3O5S. The van der Waals surface area contributed by atoms with E-state index >= 15 is 0 Å². The number of aryl methyl sites for hydroxylation is 1. The van der Waals surface area contributed by atoms with Gasteiger partial charge in [-0.2, -0.15) is 5.10 Å². The topological polar surface area (TPSA) is 107 Å². The minimum Gasteiger partial charge on any atom is -0.462 e. The van der Waals surface area contributed by atoms with Gasteiger partial charge in [-0.15, -0.1) is 0 Å². The Balaban J connectivity index is 1.43. The van der Waals surface area contributed by atoms with Crippen LogP contribution >= 0.6 is 0 Å². The van der Waals surface area contributed by atoms with E-state index in [0.29, 0.717) is 42.2 Å². The van der Waals surface area contributed by atoms with Crippen LogP contribution in [0, 0.1) is 0 Å². The smallest absolute Gasteiger partial charge is 0.341 e. The second kappa shape index (κ2) is 11.5. The van der Waals surface area contributed by atoms with Crippen LogP contribution in [0.2, 0.25) is 0 Å². The highest BCUT2D eigenvalue weighted by Gasteiger charge is 2.35. The summed E-state index contributed by atoms with van der Waals surface area (Å²) in [5.74, 6) is -0.733. The molecule has 1 heterocycles. The molecule has 8 nitrogen and oxygen atoms in total. The zero-order valence-corrected chi connectivity index (χ0v) is 23.3. The van der Waals surface area contributed by atoms with E-state index in [1.807, 2.05) is 35.9 Å². The summed E-state index contributed by atoms with van der Waals surface area (Å²) in [4.78, 5) is 25.5. The van der Waals surface area contributed by atoms with Crippen molar-refractivity contribution in [2.24, 2.45) is 0 Å².